The summed E-state index contributed by atoms with van der Waals surface area (Å²) in [6.07, 6.45) is 1.65. The number of thiocarbonyl (C=S) groups is 1. The van der Waals surface area contributed by atoms with Crippen LogP contribution < -0.4 is 14.4 Å². The third-order valence-corrected chi connectivity index (χ3v) is 6.36. The molecular formula is C25H18N2O6S2. The number of aryl methyl sites for hydroxylation is 1. The van der Waals surface area contributed by atoms with Crippen molar-refractivity contribution in [2.24, 2.45) is 0 Å². The zero-order valence-electron chi connectivity index (χ0n) is 18.6. The number of non-ortho nitro benzene ring substituents is 1. The number of nitrogens with zero attached hydrogens (tertiary/aromatic N) is 2. The summed E-state index contributed by atoms with van der Waals surface area (Å²) in [6.45, 7) is 1.89. The summed E-state index contributed by atoms with van der Waals surface area (Å²) in [6, 6.07) is 17.6. The van der Waals surface area contributed by atoms with Gasteiger partial charge in [-0.3, -0.25) is 19.8 Å². The first-order valence-corrected chi connectivity index (χ1v) is 11.5. The van der Waals surface area contributed by atoms with E-state index in [2.05, 4.69) is 0 Å². The van der Waals surface area contributed by atoms with Gasteiger partial charge < -0.3 is 9.47 Å². The average Bonchev–Trinajstić information content (AvgIpc) is 3.12. The number of esters is 1. The van der Waals surface area contributed by atoms with E-state index in [-0.39, 0.29) is 17.3 Å². The molecule has 8 nitrogen and oxygen atoms in total. The number of carbonyl (C=O) groups is 2. The van der Waals surface area contributed by atoms with E-state index >= 15 is 0 Å². The van der Waals surface area contributed by atoms with Crippen LogP contribution in [0, 0.1) is 17.0 Å². The monoisotopic (exact) mass is 506 g/mol. The molecule has 0 unspecified atom stereocenters. The number of nitro groups is 1. The van der Waals surface area contributed by atoms with E-state index in [1.54, 1.807) is 42.5 Å². The molecule has 3 aromatic carbocycles. The van der Waals surface area contributed by atoms with Crippen molar-refractivity contribution < 1.29 is 24.0 Å². The number of methoxy groups -OCH3 is 1. The molecule has 35 heavy (non-hydrogen) atoms. The summed E-state index contributed by atoms with van der Waals surface area (Å²) in [5.41, 5.74) is 2.36. The number of benzene rings is 3. The summed E-state index contributed by atoms with van der Waals surface area (Å²) < 4.78 is 11.2. The van der Waals surface area contributed by atoms with E-state index in [0.29, 0.717) is 31.8 Å². The van der Waals surface area contributed by atoms with Gasteiger partial charge >= 0.3 is 5.97 Å². The normalized spacial score (nSPS) is 14.3. The molecule has 0 saturated carbocycles. The molecule has 1 fully saturated rings. The smallest absolute Gasteiger partial charge is 0.343 e. The second-order valence-electron chi connectivity index (χ2n) is 7.46. The summed E-state index contributed by atoms with van der Waals surface area (Å²) in [7, 11) is 1.46. The van der Waals surface area contributed by atoms with Crippen molar-refractivity contribution in [1.29, 1.82) is 0 Å². The van der Waals surface area contributed by atoms with Gasteiger partial charge in [-0.2, -0.15) is 0 Å². The Morgan fingerprint density at radius 1 is 1.09 bits per heavy atom. The quantitative estimate of drug-likeness (QED) is 0.107. The maximum Gasteiger partial charge on any atom is 0.343 e. The highest BCUT2D eigenvalue weighted by atomic mass is 32.2. The van der Waals surface area contributed by atoms with E-state index in [9.17, 15) is 19.7 Å². The van der Waals surface area contributed by atoms with Gasteiger partial charge in [0.2, 0.25) is 0 Å². The Morgan fingerprint density at radius 2 is 1.83 bits per heavy atom. The highest BCUT2D eigenvalue weighted by Crippen LogP contribution is 2.37. The maximum absolute atomic E-state index is 13.0. The zero-order valence-corrected chi connectivity index (χ0v) is 20.2. The molecule has 1 saturated heterocycles. The second-order valence-corrected chi connectivity index (χ2v) is 9.14. The van der Waals surface area contributed by atoms with Crippen LogP contribution in [-0.2, 0) is 4.79 Å². The van der Waals surface area contributed by atoms with Crippen LogP contribution in [0.5, 0.6) is 11.5 Å². The first-order chi connectivity index (χ1) is 16.8. The number of hydrogen-bond donors (Lipinski definition) is 0. The molecule has 0 N–H and O–H groups in total. The van der Waals surface area contributed by atoms with Gasteiger partial charge in [-0.15, -0.1) is 0 Å². The number of rotatable bonds is 6. The predicted molar refractivity (Wildman–Crippen MR) is 138 cm³/mol. The highest BCUT2D eigenvalue weighted by molar-refractivity contribution is 8.27. The Labute approximate surface area is 210 Å². The van der Waals surface area contributed by atoms with Crippen LogP contribution in [0.15, 0.2) is 71.6 Å². The van der Waals surface area contributed by atoms with Gasteiger partial charge in [0.15, 0.2) is 15.8 Å². The lowest BCUT2D eigenvalue weighted by atomic mass is 10.1. The fourth-order valence-electron chi connectivity index (χ4n) is 3.35. The topological polar surface area (TPSA) is 99.0 Å². The number of amides is 1. The number of hydrogen-bond acceptors (Lipinski definition) is 8. The Hall–Kier alpha value is -4.02. The number of nitro benzene ring substituents is 1. The molecule has 1 aliphatic rings. The molecule has 176 valence electrons. The van der Waals surface area contributed by atoms with Crippen molar-refractivity contribution in [1.82, 2.24) is 0 Å². The van der Waals surface area contributed by atoms with Gasteiger partial charge in [0.25, 0.3) is 11.6 Å². The summed E-state index contributed by atoms with van der Waals surface area (Å²) in [5, 5.41) is 10.9. The minimum atomic E-state index is -0.511. The lowest BCUT2D eigenvalue weighted by Crippen LogP contribution is -2.27. The lowest BCUT2D eigenvalue weighted by molar-refractivity contribution is -0.384. The van der Waals surface area contributed by atoms with Crippen molar-refractivity contribution in [3.8, 4) is 11.5 Å². The molecule has 0 spiro atoms. The molecule has 0 aromatic heterocycles. The fraction of sp³-hybridized carbons (Fsp3) is 0.0800. The first kappa shape index (κ1) is 24.1. The van der Waals surface area contributed by atoms with Gasteiger partial charge in [0, 0.05) is 12.1 Å². The van der Waals surface area contributed by atoms with Crippen LogP contribution in [0.1, 0.15) is 21.5 Å². The van der Waals surface area contributed by atoms with E-state index in [1.165, 1.54) is 36.3 Å². The van der Waals surface area contributed by atoms with Gasteiger partial charge in [0.1, 0.15) is 0 Å². The third kappa shape index (κ3) is 5.23. The van der Waals surface area contributed by atoms with E-state index < -0.39 is 10.9 Å². The number of thioether (sulfide) groups is 1. The standard InChI is InChI=1S/C25H18N2O6S2/c1-15-4-3-5-17(12-15)24(29)33-20-11-6-16(13-21(20)32-2)14-22-23(28)26(25(34)35-22)18-7-9-19(10-8-18)27(30)31/h3-14H,1-2H3/b22-14-. The predicted octanol–water partition coefficient (Wildman–Crippen LogP) is 5.54. The first-order valence-electron chi connectivity index (χ1n) is 10.3. The zero-order chi connectivity index (χ0) is 25.1. The molecule has 0 aliphatic carbocycles. The van der Waals surface area contributed by atoms with Gasteiger partial charge in [-0.25, -0.2) is 4.79 Å². The second kappa shape index (κ2) is 10.1. The van der Waals surface area contributed by atoms with Crippen LogP contribution in [0.2, 0.25) is 0 Å². The average molecular weight is 507 g/mol. The summed E-state index contributed by atoms with van der Waals surface area (Å²) in [5.74, 6) is -0.285. The largest absolute Gasteiger partial charge is 0.493 e. The maximum atomic E-state index is 13.0. The van der Waals surface area contributed by atoms with Crippen LogP contribution in [0.4, 0.5) is 11.4 Å². The minimum Gasteiger partial charge on any atom is -0.493 e. The van der Waals surface area contributed by atoms with Crippen LogP contribution in [-0.4, -0.2) is 28.2 Å². The van der Waals surface area contributed by atoms with Crippen molar-refractivity contribution in [3.05, 3.63) is 98.4 Å². The van der Waals surface area contributed by atoms with Crippen molar-refractivity contribution in [2.45, 2.75) is 6.92 Å². The van der Waals surface area contributed by atoms with Gasteiger partial charge in [-0.05, 0) is 55.0 Å². The molecule has 3 aromatic rings. The van der Waals surface area contributed by atoms with Gasteiger partial charge in [-0.1, -0.05) is 47.7 Å². The third-order valence-electron chi connectivity index (χ3n) is 5.05. The molecule has 1 heterocycles. The fourth-order valence-corrected chi connectivity index (χ4v) is 4.65. The number of carbonyl (C=O) groups excluding carboxylic acids is 2. The van der Waals surface area contributed by atoms with Crippen LogP contribution >= 0.6 is 24.0 Å². The number of ether oxygens (including phenoxy) is 2. The van der Waals surface area contributed by atoms with E-state index in [0.717, 1.165) is 17.3 Å². The van der Waals surface area contributed by atoms with Crippen LogP contribution in [0.25, 0.3) is 6.08 Å². The lowest BCUT2D eigenvalue weighted by Gasteiger charge is -2.14. The van der Waals surface area contributed by atoms with E-state index in [1.807, 2.05) is 13.0 Å². The molecule has 0 bridgehead atoms. The summed E-state index contributed by atoms with van der Waals surface area (Å²) >= 11 is 6.48. The molecule has 0 atom stereocenters. The van der Waals surface area contributed by atoms with Crippen molar-refractivity contribution in [2.75, 3.05) is 12.0 Å². The Balaban J connectivity index is 1.55. The van der Waals surface area contributed by atoms with E-state index in [4.69, 9.17) is 21.7 Å². The Kier molecular flexibility index (Phi) is 6.94. The molecular weight excluding hydrogens is 488 g/mol. The minimum absolute atomic E-state index is 0.0787. The molecule has 4 rings (SSSR count). The Morgan fingerprint density at radius 3 is 2.49 bits per heavy atom. The highest BCUT2D eigenvalue weighted by Gasteiger charge is 2.33. The van der Waals surface area contributed by atoms with Crippen molar-refractivity contribution >= 4 is 57.6 Å². The van der Waals surface area contributed by atoms with Crippen LogP contribution in [0.3, 0.4) is 0 Å². The molecule has 0 radical (unpaired) electrons. The summed E-state index contributed by atoms with van der Waals surface area (Å²) in [4.78, 5) is 37.6. The molecule has 1 aliphatic heterocycles. The Bertz CT molecular complexity index is 1380. The SMILES string of the molecule is COc1cc(/C=C2\SC(=S)N(c3ccc([N+](=O)[O-])cc3)C2=O)ccc1OC(=O)c1cccc(C)c1. The van der Waals surface area contributed by atoms with Gasteiger partial charge in [0.05, 0.1) is 28.2 Å². The number of anilines is 1. The molecule has 10 heteroatoms. The molecule has 1 amide bonds. The van der Waals surface area contributed by atoms with Crippen molar-refractivity contribution in [3.63, 3.8) is 0 Å².